The van der Waals surface area contributed by atoms with E-state index in [0.717, 1.165) is 49.5 Å². The molecule has 0 saturated carbocycles. The van der Waals surface area contributed by atoms with Crippen LogP contribution in [0, 0.1) is 5.92 Å². The van der Waals surface area contributed by atoms with Crippen LogP contribution >= 0.6 is 0 Å². The molecule has 0 unspecified atom stereocenters. The number of carbonyl (C=O) groups excluding carboxylic acids is 1. The van der Waals surface area contributed by atoms with Crippen LogP contribution in [0.4, 0.5) is 0 Å². The summed E-state index contributed by atoms with van der Waals surface area (Å²) < 4.78 is 10.7. The monoisotopic (exact) mass is 369 g/mol. The molecule has 2 aromatic rings. The quantitative estimate of drug-likeness (QED) is 0.813. The van der Waals surface area contributed by atoms with Crippen LogP contribution in [0.25, 0.3) is 0 Å². The van der Waals surface area contributed by atoms with Crippen LogP contribution in [-0.4, -0.2) is 43.1 Å². The van der Waals surface area contributed by atoms with Crippen molar-refractivity contribution in [2.75, 3.05) is 27.3 Å². The van der Waals surface area contributed by atoms with Gasteiger partial charge in [0.25, 0.3) is 0 Å². The molecule has 0 aliphatic carbocycles. The van der Waals surface area contributed by atoms with Crippen LogP contribution in [0.15, 0.2) is 42.7 Å². The standard InChI is InChI=1S/C21H27N3O3/c1-26-19-6-5-16(12-20(19)27-2)15-24-10-7-18(8-11-24)21(25)23-14-17-4-3-9-22-13-17/h3-6,9,12-13,18H,7-8,10-11,14-15H2,1-2H3,(H,23,25). The van der Waals surface area contributed by atoms with E-state index in [1.54, 1.807) is 26.6 Å². The van der Waals surface area contributed by atoms with Crippen LogP contribution < -0.4 is 14.8 Å². The molecule has 0 radical (unpaired) electrons. The van der Waals surface area contributed by atoms with Gasteiger partial charge in [0, 0.05) is 31.4 Å². The minimum Gasteiger partial charge on any atom is -0.493 e. The zero-order valence-electron chi connectivity index (χ0n) is 16.0. The Balaban J connectivity index is 1.46. The van der Waals surface area contributed by atoms with Crippen LogP contribution in [0.3, 0.4) is 0 Å². The van der Waals surface area contributed by atoms with Crippen molar-refractivity contribution in [3.63, 3.8) is 0 Å². The number of nitrogens with one attached hydrogen (secondary N) is 1. The summed E-state index contributed by atoms with van der Waals surface area (Å²) in [5.41, 5.74) is 2.21. The number of amides is 1. The molecule has 2 heterocycles. The van der Waals surface area contributed by atoms with Gasteiger partial charge in [-0.2, -0.15) is 0 Å². The first-order valence-electron chi connectivity index (χ1n) is 9.29. The SMILES string of the molecule is COc1ccc(CN2CCC(C(=O)NCc3cccnc3)CC2)cc1OC. The number of methoxy groups -OCH3 is 2. The maximum atomic E-state index is 12.4. The highest BCUT2D eigenvalue weighted by Gasteiger charge is 2.25. The van der Waals surface area contributed by atoms with Gasteiger partial charge in [-0.3, -0.25) is 14.7 Å². The van der Waals surface area contributed by atoms with Gasteiger partial charge in [-0.05, 0) is 55.3 Å². The Morgan fingerprint density at radius 3 is 2.59 bits per heavy atom. The number of pyridine rings is 1. The first kappa shape index (κ1) is 19.2. The molecule has 1 aromatic carbocycles. The fraction of sp³-hybridized carbons (Fsp3) is 0.429. The van der Waals surface area contributed by atoms with Gasteiger partial charge < -0.3 is 14.8 Å². The lowest BCUT2D eigenvalue weighted by Gasteiger charge is -2.31. The van der Waals surface area contributed by atoms with E-state index in [9.17, 15) is 4.79 Å². The van der Waals surface area contributed by atoms with Crippen molar-refractivity contribution in [2.24, 2.45) is 5.92 Å². The Bertz CT molecular complexity index is 744. The topological polar surface area (TPSA) is 63.7 Å². The molecule has 27 heavy (non-hydrogen) atoms. The third-order valence-electron chi connectivity index (χ3n) is 5.00. The lowest BCUT2D eigenvalue weighted by atomic mass is 9.95. The van der Waals surface area contributed by atoms with Crippen molar-refractivity contribution in [1.29, 1.82) is 0 Å². The molecule has 1 aliphatic rings. The molecule has 3 rings (SSSR count). The highest BCUT2D eigenvalue weighted by Crippen LogP contribution is 2.28. The Morgan fingerprint density at radius 1 is 1.15 bits per heavy atom. The third kappa shape index (κ3) is 5.20. The second-order valence-corrected chi connectivity index (χ2v) is 6.82. The van der Waals surface area contributed by atoms with Crippen LogP contribution in [-0.2, 0) is 17.9 Å². The van der Waals surface area contributed by atoms with Gasteiger partial charge in [-0.1, -0.05) is 12.1 Å². The normalized spacial score (nSPS) is 15.3. The lowest BCUT2D eigenvalue weighted by molar-refractivity contribution is -0.126. The summed E-state index contributed by atoms with van der Waals surface area (Å²) in [5.74, 6) is 1.72. The van der Waals surface area contributed by atoms with Crippen molar-refractivity contribution in [1.82, 2.24) is 15.2 Å². The molecule has 0 atom stereocenters. The zero-order valence-corrected chi connectivity index (χ0v) is 16.0. The van der Waals surface area contributed by atoms with Gasteiger partial charge in [0.15, 0.2) is 11.5 Å². The minimum absolute atomic E-state index is 0.0864. The van der Waals surface area contributed by atoms with Gasteiger partial charge >= 0.3 is 0 Å². The third-order valence-corrected chi connectivity index (χ3v) is 5.00. The van der Waals surface area contributed by atoms with Crippen molar-refractivity contribution >= 4 is 5.91 Å². The van der Waals surface area contributed by atoms with Crippen molar-refractivity contribution in [3.8, 4) is 11.5 Å². The molecule has 1 fully saturated rings. The predicted molar refractivity (Wildman–Crippen MR) is 104 cm³/mol. The molecule has 1 amide bonds. The number of aromatic nitrogens is 1. The average Bonchev–Trinajstić information content (AvgIpc) is 2.73. The van der Waals surface area contributed by atoms with E-state index < -0.39 is 0 Å². The van der Waals surface area contributed by atoms with Crippen LogP contribution in [0.1, 0.15) is 24.0 Å². The number of hydrogen-bond acceptors (Lipinski definition) is 5. The molecule has 1 saturated heterocycles. The first-order chi connectivity index (χ1) is 13.2. The van der Waals surface area contributed by atoms with E-state index in [1.807, 2.05) is 24.3 Å². The first-order valence-corrected chi connectivity index (χ1v) is 9.29. The highest BCUT2D eigenvalue weighted by atomic mass is 16.5. The van der Waals surface area contributed by atoms with E-state index in [1.165, 1.54) is 5.56 Å². The maximum Gasteiger partial charge on any atom is 0.223 e. The minimum atomic E-state index is 0.0864. The number of likely N-dealkylation sites (tertiary alicyclic amines) is 1. The molecular formula is C21H27N3O3. The summed E-state index contributed by atoms with van der Waals surface area (Å²) in [6.07, 6.45) is 5.28. The van der Waals surface area contributed by atoms with Gasteiger partial charge in [0.1, 0.15) is 0 Å². The fourth-order valence-corrected chi connectivity index (χ4v) is 3.43. The Kier molecular flexibility index (Phi) is 6.65. The van der Waals surface area contributed by atoms with Gasteiger partial charge in [-0.15, -0.1) is 0 Å². The van der Waals surface area contributed by atoms with Gasteiger partial charge in [-0.25, -0.2) is 0 Å². The number of rotatable bonds is 7. The maximum absolute atomic E-state index is 12.4. The smallest absolute Gasteiger partial charge is 0.223 e. The summed E-state index contributed by atoms with van der Waals surface area (Å²) in [6, 6.07) is 9.87. The van der Waals surface area contributed by atoms with E-state index >= 15 is 0 Å². The number of nitrogens with zero attached hydrogens (tertiary/aromatic N) is 2. The van der Waals surface area contributed by atoms with Gasteiger partial charge in [0.2, 0.25) is 5.91 Å². The number of ether oxygens (including phenoxy) is 2. The van der Waals surface area contributed by atoms with E-state index in [0.29, 0.717) is 6.54 Å². The summed E-state index contributed by atoms with van der Waals surface area (Å²) in [6.45, 7) is 3.22. The molecule has 0 bridgehead atoms. The van der Waals surface area contributed by atoms with E-state index in [4.69, 9.17) is 9.47 Å². The van der Waals surface area contributed by atoms with Crippen molar-refractivity contribution < 1.29 is 14.3 Å². The zero-order chi connectivity index (χ0) is 19.1. The van der Waals surface area contributed by atoms with Crippen LogP contribution in [0.5, 0.6) is 11.5 Å². The summed E-state index contributed by atoms with van der Waals surface area (Å²) in [5, 5.41) is 3.03. The molecule has 1 aliphatic heterocycles. The second kappa shape index (κ2) is 9.37. The van der Waals surface area contributed by atoms with E-state index in [-0.39, 0.29) is 11.8 Å². The predicted octanol–water partition coefficient (Wildman–Crippen LogP) is 2.63. The fourth-order valence-electron chi connectivity index (χ4n) is 3.43. The highest BCUT2D eigenvalue weighted by molar-refractivity contribution is 5.78. The van der Waals surface area contributed by atoms with E-state index in [2.05, 4.69) is 21.3 Å². The molecule has 144 valence electrons. The number of carbonyl (C=O) groups is 1. The van der Waals surface area contributed by atoms with Crippen molar-refractivity contribution in [2.45, 2.75) is 25.9 Å². The van der Waals surface area contributed by atoms with Gasteiger partial charge in [0.05, 0.1) is 14.2 Å². The molecule has 6 heteroatoms. The molecular weight excluding hydrogens is 342 g/mol. The summed E-state index contributed by atoms with van der Waals surface area (Å²) in [4.78, 5) is 18.9. The summed E-state index contributed by atoms with van der Waals surface area (Å²) in [7, 11) is 3.29. The summed E-state index contributed by atoms with van der Waals surface area (Å²) >= 11 is 0. The number of benzene rings is 1. The Hall–Kier alpha value is -2.60. The molecule has 1 aromatic heterocycles. The molecule has 1 N–H and O–H groups in total. The number of hydrogen-bond donors (Lipinski definition) is 1. The Labute approximate surface area is 160 Å². The van der Waals surface area contributed by atoms with Crippen LogP contribution in [0.2, 0.25) is 0 Å². The largest absolute Gasteiger partial charge is 0.493 e. The van der Waals surface area contributed by atoms with Crippen molar-refractivity contribution in [3.05, 3.63) is 53.9 Å². The Morgan fingerprint density at radius 2 is 1.93 bits per heavy atom. The molecule has 6 nitrogen and oxygen atoms in total. The second-order valence-electron chi connectivity index (χ2n) is 6.82. The lowest BCUT2D eigenvalue weighted by Crippen LogP contribution is -2.40. The molecule has 0 spiro atoms. The number of piperidine rings is 1. The average molecular weight is 369 g/mol.